The van der Waals surface area contributed by atoms with Crippen molar-refractivity contribution in [3.8, 4) is 5.75 Å². The molecule has 0 amide bonds. The number of rotatable bonds is 2. The molecule has 0 saturated heterocycles. The topological polar surface area (TPSA) is 52.3 Å². The number of nitrogen functional groups attached to an aromatic ring is 1. The average Bonchev–Trinajstić information content (AvgIpc) is 2.05. The lowest BCUT2D eigenvalue weighted by Crippen LogP contribution is -2.18. The van der Waals surface area contributed by atoms with Gasteiger partial charge in [-0.15, -0.1) is 13.2 Å². The molecule has 3 nitrogen and oxygen atoms in total. The SMILES string of the molecule is Nc1cc(C(=O)Cl)ccc1OC(F)(F)F. The van der Waals surface area contributed by atoms with Crippen LogP contribution in [0.5, 0.6) is 5.75 Å². The molecule has 15 heavy (non-hydrogen) atoms. The molecule has 0 atom stereocenters. The van der Waals surface area contributed by atoms with Crippen LogP contribution >= 0.6 is 11.6 Å². The first-order valence-corrected chi connectivity index (χ1v) is 4.02. The van der Waals surface area contributed by atoms with Crippen molar-refractivity contribution in [1.82, 2.24) is 0 Å². The lowest BCUT2D eigenvalue weighted by Gasteiger charge is -2.11. The predicted octanol–water partition coefficient (Wildman–Crippen LogP) is 2.55. The molecule has 0 aliphatic heterocycles. The van der Waals surface area contributed by atoms with E-state index in [1.165, 1.54) is 0 Å². The van der Waals surface area contributed by atoms with Crippen molar-refractivity contribution in [1.29, 1.82) is 0 Å². The van der Waals surface area contributed by atoms with Crippen molar-refractivity contribution in [3.05, 3.63) is 23.8 Å². The first-order valence-electron chi connectivity index (χ1n) is 3.65. The standard InChI is InChI=1S/C8H5ClF3NO2/c9-7(14)4-1-2-6(5(13)3-4)15-8(10,11)12/h1-3H,13H2. The smallest absolute Gasteiger partial charge is 0.404 e. The van der Waals surface area contributed by atoms with Crippen LogP contribution in [0.2, 0.25) is 0 Å². The third kappa shape index (κ3) is 3.32. The molecule has 82 valence electrons. The van der Waals surface area contributed by atoms with Gasteiger partial charge in [0, 0.05) is 5.56 Å². The van der Waals surface area contributed by atoms with Gasteiger partial charge in [-0.3, -0.25) is 4.79 Å². The van der Waals surface area contributed by atoms with E-state index in [1.807, 2.05) is 0 Å². The Morgan fingerprint density at radius 3 is 2.40 bits per heavy atom. The molecule has 0 radical (unpaired) electrons. The number of alkyl halides is 3. The Morgan fingerprint density at radius 1 is 1.40 bits per heavy atom. The Balaban J connectivity index is 2.99. The number of hydrogen-bond acceptors (Lipinski definition) is 3. The highest BCUT2D eigenvalue weighted by atomic mass is 35.5. The number of carbonyl (C=O) groups is 1. The summed E-state index contributed by atoms with van der Waals surface area (Å²) in [6.45, 7) is 0. The molecule has 7 heteroatoms. The van der Waals surface area contributed by atoms with E-state index in [9.17, 15) is 18.0 Å². The Morgan fingerprint density at radius 2 is 2.00 bits per heavy atom. The normalized spacial score (nSPS) is 11.2. The minimum Gasteiger partial charge on any atom is -0.404 e. The second-order valence-corrected chi connectivity index (χ2v) is 2.92. The van der Waals surface area contributed by atoms with Gasteiger partial charge in [0.05, 0.1) is 5.69 Å². The molecule has 0 spiro atoms. The van der Waals surface area contributed by atoms with Crippen LogP contribution in [-0.4, -0.2) is 11.6 Å². The zero-order valence-corrected chi connectivity index (χ0v) is 7.89. The van der Waals surface area contributed by atoms with Crippen molar-refractivity contribution in [2.45, 2.75) is 6.36 Å². The minimum atomic E-state index is -4.82. The summed E-state index contributed by atoms with van der Waals surface area (Å²) >= 11 is 5.10. The molecule has 0 aliphatic rings. The van der Waals surface area contributed by atoms with E-state index in [2.05, 4.69) is 4.74 Å². The van der Waals surface area contributed by atoms with Crippen molar-refractivity contribution < 1.29 is 22.7 Å². The van der Waals surface area contributed by atoms with Gasteiger partial charge in [0.2, 0.25) is 0 Å². The van der Waals surface area contributed by atoms with Crippen molar-refractivity contribution >= 4 is 22.5 Å². The molecule has 0 fully saturated rings. The molecular formula is C8H5ClF3NO2. The number of benzene rings is 1. The predicted molar refractivity (Wildman–Crippen MR) is 47.7 cm³/mol. The van der Waals surface area contributed by atoms with Gasteiger partial charge in [-0.1, -0.05) is 0 Å². The summed E-state index contributed by atoms with van der Waals surface area (Å²) in [4.78, 5) is 10.6. The number of halogens is 4. The van der Waals surface area contributed by atoms with Crippen molar-refractivity contribution in [2.75, 3.05) is 5.73 Å². The largest absolute Gasteiger partial charge is 0.573 e. The Bertz CT molecular complexity index is 392. The van der Waals surface area contributed by atoms with Crippen LogP contribution in [0.1, 0.15) is 10.4 Å². The van der Waals surface area contributed by atoms with Crippen LogP contribution < -0.4 is 10.5 Å². The van der Waals surface area contributed by atoms with Crippen molar-refractivity contribution in [3.63, 3.8) is 0 Å². The molecule has 1 rings (SSSR count). The molecule has 1 aromatic carbocycles. The van der Waals surface area contributed by atoms with Crippen LogP contribution in [0.15, 0.2) is 18.2 Å². The lowest BCUT2D eigenvalue weighted by atomic mass is 10.2. The van der Waals surface area contributed by atoms with Crippen LogP contribution in [0.25, 0.3) is 0 Å². The molecule has 0 bridgehead atoms. The van der Waals surface area contributed by atoms with E-state index in [0.29, 0.717) is 0 Å². The maximum atomic E-state index is 11.8. The summed E-state index contributed by atoms with van der Waals surface area (Å²) in [5.74, 6) is -0.566. The third-order valence-electron chi connectivity index (χ3n) is 1.46. The highest BCUT2D eigenvalue weighted by Gasteiger charge is 2.31. The number of ether oxygens (including phenoxy) is 1. The number of anilines is 1. The van der Waals surface area contributed by atoms with Gasteiger partial charge in [0.15, 0.2) is 5.75 Å². The van der Waals surface area contributed by atoms with E-state index in [-0.39, 0.29) is 11.3 Å². The summed E-state index contributed by atoms with van der Waals surface area (Å²) < 4.78 is 39.0. The van der Waals surface area contributed by atoms with Gasteiger partial charge in [-0.05, 0) is 29.8 Å². The molecule has 0 saturated carbocycles. The monoisotopic (exact) mass is 239 g/mol. The highest BCUT2D eigenvalue weighted by Crippen LogP contribution is 2.29. The number of hydrogen-bond donors (Lipinski definition) is 1. The first-order chi connectivity index (χ1) is 6.79. The van der Waals surface area contributed by atoms with Crippen LogP contribution in [0.4, 0.5) is 18.9 Å². The molecule has 1 aromatic rings. The van der Waals surface area contributed by atoms with E-state index >= 15 is 0 Å². The van der Waals surface area contributed by atoms with Crippen molar-refractivity contribution in [2.24, 2.45) is 0 Å². The van der Waals surface area contributed by atoms with E-state index in [0.717, 1.165) is 18.2 Å². The Labute approximate surface area is 87.6 Å². The fraction of sp³-hybridized carbons (Fsp3) is 0.125. The second kappa shape index (κ2) is 3.98. The average molecular weight is 240 g/mol. The van der Waals surface area contributed by atoms with Gasteiger partial charge >= 0.3 is 6.36 Å². The highest BCUT2D eigenvalue weighted by molar-refractivity contribution is 6.67. The zero-order chi connectivity index (χ0) is 11.6. The fourth-order valence-corrected chi connectivity index (χ4v) is 1.01. The molecule has 0 aromatic heterocycles. The van der Waals surface area contributed by atoms with Gasteiger partial charge in [-0.2, -0.15) is 0 Å². The van der Waals surface area contributed by atoms with Crippen LogP contribution in [-0.2, 0) is 0 Å². The van der Waals surface area contributed by atoms with Crippen LogP contribution in [0.3, 0.4) is 0 Å². The second-order valence-electron chi connectivity index (χ2n) is 2.57. The van der Waals surface area contributed by atoms with Crippen LogP contribution in [0, 0.1) is 0 Å². The summed E-state index contributed by atoms with van der Waals surface area (Å²) in [6, 6.07) is 3.03. The molecule has 0 aliphatic carbocycles. The Kier molecular flexibility index (Phi) is 3.09. The van der Waals surface area contributed by atoms with E-state index in [1.54, 1.807) is 0 Å². The van der Waals surface area contributed by atoms with Gasteiger partial charge in [0.25, 0.3) is 5.24 Å². The fourth-order valence-electron chi connectivity index (χ4n) is 0.888. The summed E-state index contributed by atoms with van der Waals surface area (Å²) in [7, 11) is 0. The van der Waals surface area contributed by atoms with Gasteiger partial charge < -0.3 is 10.5 Å². The maximum Gasteiger partial charge on any atom is 0.573 e. The first kappa shape index (κ1) is 11.6. The molecule has 0 heterocycles. The number of carbonyl (C=O) groups excluding carboxylic acids is 1. The maximum absolute atomic E-state index is 11.8. The summed E-state index contributed by atoms with van der Waals surface area (Å²) in [5, 5.41) is -0.805. The lowest BCUT2D eigenvalue weighted by molar-refractivity contribution is -0.274. The molecule has 0 unspecified atom stereocenters. The quantitative estimate of drug-likeness (QED) is 0.637. The van der Waals surface area contributed by atoms with E-state index < -0.39 is 17.4 Å². The van der Waals surface area contributed by atoms with Gasteiger partial charge in [0.1, 0.15) is 0 Å². The minimum absolute atomic E-state index is 0.00342. The van der Waals surface area contributed by atoms with E-state index in [4.69, 9.17) is 17.3 Å². The summed E-state index contributed by atoms with van der Waals surface area (Å²) in [5.41, 5.74) is 4.93. The number of nitrogens with two attached hydrogens (primary N) is 1. The third-order valence-corrected chi connectivity index (χ3v) is 1.68. The Hall–Kier alpha value is -1.43. The molecule has 2 N–H and O–H groups in total. The molecular weight excluding hydrogens is 235 g/mol. The van der Waals surface area contributed by atoms with Gasteiger partial charge in [-0.25, -0.2) is 0 Å². The summed E-state index contributed by atoms with van der Waals surface area (Å²) in [6.07, 6.45) is -4.82. The zero-order valence-electron chi connectivity index (χ0n) is 7.14.